The molecule has 4 rings (SSSR count). The predicted octanol–water partition coefficient (Wildman–Crippen LogP) is 4.91. The van der Waals surface area contributed by atoms with Gasteiger partial charge < -0.3 is 14.7 Å². The third-order valence-corrected chi connectivity index (χ3v) is 6.86. The van der Waals surface area contributed by atoms with Crippen LogP contribution in [-0.4, -0.2) is 52.6 Å². The van der Waals surface area contributed by atoms with E-state index < -0.39 is 0 Å². The zero-order chi connectivity index (χ0) is 22.1. The number of hydrogen-bond donors (Lipinski definition) is 1. The number of ether oxygens (including phenoxy) is 1. The van der Waals surface area contributed by atoms with E-state index in [0.29, 0.717) is 28.8 Å². The van der Waals surface area contributed by atoms with Crippen molar-refractivity contribution >= 4 is 40.1 Å². The molecule has 0 saturated carbocycles. The Hall–Kier alpha value is -2.09. The molecule has 0 amide bonds. The lowest BCUT2D eigenvalue weighted by molar-refractivity contribution is 0.145. The molecule has 1 saturated heterocycles. The number of benzene rings is 1. The number of pyridine rings is 1. The fourth-order valence-electron chi connectivity index (χ4n) is 4.13. The topological polar surface area (TPSA) is 71.4 Å². The first kappa shape index (κ1) is 22.1. The highest BCUT2D eigenvalue weighted by Crippen LogP contribution is 2.41. The van der Waals surface area contributed by atoms with Crippen LogP contribution < -0.4 is 9.64 Å². The van der Waals surface area contributed by atoms with Gasteiger partial charge in [0.25, 0.3) is 0 Å². The lowest BCUT2D eigenvalue weighted by atomic mass is 9.96. The van der Waals surface area contributed by atoms with Gasteiger partial charge in [0.2, 0.25) is 0 Å². The molecule has 0 bridgehead atoms. The zero-order valence-electron chi connectivity index (χ0n) is 18.3. The van der Waals surface area contributed by atoms with Crippen molar-refractivity contribution in [3.05, 3.63) is 34.5 Å². The Kier molecular flexibility index (Phi) is 6.55. The number of nitrogens with zero attached hydrogens (tertiary/aromatic N) is 4. The number of anilines is 1. The van der Waals surface area contributed by atoms with Crippen LogP contribution in [0.4, 0.5) is 5.82 Å². The Balaban J connectivity index is 1.96. The summed E-state index contributed by atoms with van der Waals surface area (Å²) in [7, 11) is 1.63. The second-order valence-electron chi connectivity index (χ2n) is 7.75. The smallest absolute Gasteiger partial charge is 0.187 e. The SMILES string of the molecule is CCc1cc(OC)c(Cl)c(-c2cc3cnc(SC)nc3c(N3CCC(O)CC3)n2)c1C. The van der Waals surface area contributed by atoms with Crippen LogP contribution in [0.15, 0.2) is 23.5 Å². The predicted molar refractivity (Wildman–Crippen MR) is 128 cm³/mol. The summed E-state index contributed by atoms with van der Waals surface area (Å²) in [6.07, 6.45) is 5.86. The summed E-state index contributed by atoms with van der Waals surface area (Å²) in [5.74, 6) is 1.46. The number of thioether (sulfide) groups is 1. The van der Waals surface area contributed by atoms with E-state index in [4.69, 9.17) is 26.3 Å². The van der Waals surface area contributed by atoms with Crippen molar-refractivity contribution in [1.29, 1.82) is 0 Å². The van der Waals surface area contributed by atoms with Gasteiger partial charge in [-0.3, -0.25) is 0 Å². The second kappa shape index (κ2) is 9.18. The maximum atomic E-state index is 9.98. The molecule has 1 aromatic carbocycles. The number of aryl methyl sites for hydroxylation is 1. The van der Waals surface area contributed by atoms with Gasteiger partial charge >= 0.3 is 0 Å². The molecular weight excluding hydrogens is 432 g/mol. The molecule has 0 aliphatic carbocycles. The number of hydrogen-bond acceptors (Lipinski definition) is 7. The van der Waals surface area contributed by atoms with E-state index in [2.05, 4.69) is 23.7 Å². The van der Waals surface area contributed by atoms with Crippen LogP contribution in [0.25, 0.3) is 22.2 Å². The molecule has 0 atom stereocenters. The fraction of sp³-hybridized carbons (Fsp3) is 0.435. The van der Waals surface area contributed by atoms with Gasteiger partial charge in [0.15, 0.2) is 11.0 Å². The molecule has 164 valence electrons. The van der Waals surface area contributed by atoms with Gasteiger partial charge in [-0.25, -0.2) is 15.0 Å². The number of fused-ring (bicyclic) bond motifs is 1. The van der Waals surface area contributed by atoms with Crippen molar-refractivity contribution in [2.24, 2.45) is 0 Å². The Labute approximate surface area is 192 Å². The van der Waals surface area contributed by atoms with Crippen LogP contribution in [-0.2, 0) is 6.42 Å². The molecule has 6 nitrogen and oxygen atoms in total. The molecule has 0 unspecified atom stereocenters. The van der Waals surface area contributed by atoms with Crippen molar-refractivity contribution in [2.75, 3.05) is 31.4 Å². The van der Waals surface area contributed by atoms with E-state index in [-0.39, 0.29) is 6.10 Å². The minimum absolute atomic E-state index is 0.260. The molecule has 8 heteroatoms. The maximum Gasteiger partial charge on any atom is 0.187 e. The molecule has 1 fully saturated rings. The summed E-state index contributed by atoms with van der Waals surface area (Å²) < 4.78 is 5.56. The highest BCUT2D eigenvalue weighted by atomic mass is 35.5. The lowest BCUT2D eigenvalue weighted by Gasteiger charge is -2.31. The van der Waals surface area contributed by atoms with E-state index in [9.17, 15) is 5.11 Å². The first-order chi connectivity index (χ1) is 15.0. The van der Waals surface area contributed by atoms with Crippen LogP contribution in [0.5, 0.6) is 5.75 Å². The van der Waals surface area contributed by atoms with Gasteiger partial charge in [-0.05, 0) is 55.7 Å². The standard InChI is InChI=1S/C23H27ClN4O2S/c1-5-14-11-18(30-3)20(24)19(13(14)2)17-10-15-12-25-23(31-4)27-21(15)22(26-17)28-8-6-16(29)7-9-28/h10-12,16,29H,5-9H2,1-4H3. The second-order valence-corrected chi connectivity index (χ2v) is 8.90. The Morgan fingerprint density at radius 3 is 2.65 bits per heavy atom. The van der Waals surface area contributed by atoms with Crippen LogP contribution >= 0.6 is 23.4 Å². The van der Waals surface area contributed by atoms with Crippen molar-refractivity contribution in [3.8, 4) is 17.0 Å². The number of halogens is 1. The number of methoxy groups -OCH3 is 1. The van der Waals surface area contributed by atoms with Crippen LogP contribution in [0.3, 0.4) is 0 Å². The summed E-state index contributed by atoms with van der Waals surface area (Å²) in [6.45, 7) is 5.66. The number of piperidine rings is 1. The summed E-state index contributed by atoms with van der Waals surface area (Å²) in [5, 5.41) is 12.2. The summed E-state index contributed by atoms with van der Waals surface area (Å²) in [6, 6.07) is 4.01. The minimum Gasteiger partial charge on any atom is -0.495 e. The minimum atomic E-state index is -0.260. The Morgan fingerprint density at radius 1 is 1.26 bits per heavy atom. The number of rotatable bonds is 5. The molecule has 1 N–H and O–H groups in total. The quantitative estimate of drug-likeness (QED) is 0.430. The average molecular weight is 459 g/mol. The molecule has 0 spiro atoms. The van der Waals surface area contributed by atoms with Gasteiger partial charge in [0.1, 0.15) is 11.3 Å². The largest absolute Gasteiger partial charge is 0.495 e. The highest BCUT2D eigenvalue weighted by Gasteiger charge is 2.24. The number of aromatic nitrogens is 3. The fourth-order valence-corrected chi connectivity index (χ4v) is 4.84. The Morgan fingerprint density at radius 2 is 2.00 bits per heavy atom. The van der Waals surface area contributed by atoms with Crippen molar-refractivity contribution in [3.63, 3.8) is 0 Å². The monoisotopic (exact) mass is 458 g/mol. The van der Waals surface area contributed by atoms with Crippen LogP contribution in [0.2, 0.25) is 5.02 Å². The van der Waals surface area contributed by atoms with Gasteiger partial charge in [-0.15, -0.1) is 0 Å². The summed E-state index contributed by atoms with van der Waals surface area (Å²) in [5.41, 5.74) is 4.76. The molecular formula is C23H27ClN4O2S. The molecule has 3 aromatic rings. The maximum absolute atomic E-state index is 9.98. The molecule has 3 heterocycles. The Bertz CT molecular complexity index is 1090. The van der Waals surface area contributed by atoms with Crippen molar-refractivity contribution in [1.82, 2.24) is 15.0 Å². The lowest BCUT2D eigenvalue weighted by Crippen LogP contribution is -2.36. The third-order valence-electron chi connectivity index (χ3n) is 5.93. The van der Waals surface area contributed by atoms with E-state index in [1.807, 2.05) is 24.6 Å². The molecule has 1 aliphatic rings. The number of aliphatic hydroxyl groups excluding tert-OH is 1. The first-order valence-electron chi connectivity index (χ1n) is 10.5. The van der Waals surface area contributed by atoms with Gasteiger partial charge in [-0.2, -0.15) is 0 Å². The first-order valence-corrected chi connectivity index (χ1v) is 12.1. The molecule has 1 aliphatic heterocycles. The third kappa shape index (κ3) is 4.19. The van der Waals surface area contributed by atoms with Gasteiger partial charge in [-0.1, -0.05) is 30.3 Å². The van der Waals surface area contributed by atoms with E-state index in [1.54, 1.807) is 7.11 Å². The zero-order valence-corrected chi connectivity index (χ0v) is 19.8. The van der Waals surface area contributed by atoms with Gasteiger partial charge in [0, 0.05) is 30.2 Å². The normalized spacial score (nSPS) is 15.0. The summed E-state index contributed by atoms with van der Waals surface area (Å²) in [4.78, 5) is 16.5. The van der Waals surface area contributed by atoms with E-state index >= 15 is 0 Å². The van der Waals surface area contributed by atoms with E-state index in [0.717, 1.165) is 53.1 Å². The van der Waals surface area contributed by atoms with Crippen molar-refractivity contribution < 1.29 is 9.84 Å². The number of aliphatic hydroxyl groups is 1. The van der Waals surface area contributed by atoms with Crippen LogP contribution in [0, 0.1) is 6.92 Å². The van der Waals surface area contributed by atoms with Gasteiger partial charge in [0.05, 0.1) is 23.9 Å². The average Bonchev–Trinajstić information content (AvgIpc) is 2.79. The van der Waals surface area contributed by atoms with Crippen molar-refractivity contribution in [2.45, 2.75) is 44.4 Å². The highest BCUT2D eigenvalue weighted by molar-refractivity contribution is 7.98. The molecule has 31 heavy (non-hydrogen) atoms. The molecule has 2 aromatic heterocycles. The van der Waals surface area contributed by atoms with Crippen LogP contribution in [0.1, 0.15) is 30.9 Å². The van der Waals surface area contributed by atoms with E-state index in [1.165, 1.54) is 17.3 Å². The summed E-state index contributed by atoms with van der Waals surface area (Å²) >= 11 is 8.30. The molecule has 0 radical (unpaired) electrons.